The summed E-state index contributed by atoms with van der Waals surface area (Å²) in [6, 6.07) is 19.2. The Balaban J connectivity index is 2.06. The Morgan fingerprint density at radius 3 is 2.38 bits per heavy atom. The molecule has 4 nitrogen and oxygen atoms in total. The van der Waals surface area contributed by atoms with Crippen molar-refractivity contribution >= 4 is 27.5 Å². The zero-order valence-corrected chi connectivity index (χ0v) is 13.1. The van der Waals surface area contributed by atoms with Crippen LogP contribution < -0.4 is 5.73 Å². The third-order valence-corrected chi connectivity index (χ3v) is 4.47. The van der Waals surface area contributed by atoms with E-state index in [4.69, 9.17) is 5.73 Å². The molecule has 4 heteroatoms. The lowest BCUT2D eigenvalue weighted by atomic mass is 10.0. The van der Waals surface area contributed by atoms with Crippen LogP contribution in [0.4, 0.5) is 5.69 Å². The van der Waals surface area contributed by atoms with Crippen LogP contribution in [0.15, 0.2) is 60.7 Å². The number of fused-ring (bicyclic) bond motifs is 3. The van der Waals surface area contributed by atoms with Crippen LogP contribution in [0.25, 0.3) is 32.9 Å². The Labute approximate surface area is 139 Å². The molecule has 1 aromatic heterocycles. The Hall–Kier alpha value is -2.98. The van der Waals surface area contributed by atoms with Crippen LogP contribution in [-0.4, -0.2) is 21.4 Å². The minimum Gasteiger partial charge on any atom is -0.508 e. The molecule has 0 aliphatic heterocycles. The first kappa shape index (κ1) is 14.6. The number of para-hydroxylation sites is 1. The molecule has 0 aliphatic rings. The fraction of sp³-hybridized carbons (Fsp3) is 0.100. The Morgan fingerprint density at radius 2 is 1.62 bits per heavy atom. The van der Waals surface area contributed by atoms with E-state index in [1.165, 1.54) is 0 Å². The molecule has 0 atom stereocenters. The van der Waals surface area contributed by atoms with Crippen molar-refractivity contribution in [3.63, 3.8) is 0 Å². The number of nitrogen functional groups attached to an aromatic ring is 1. The number of anilines is 1. The van der Waals surface area contributed by atoms with Crippen molar-refractivity contribution in [1.29, 1.82) is 0 Å². The summed E-state index contributed by atoms with van der Waals surface area (Å²) in [4.78, 5) is 0. The van der Waals surface area contributed by atoms with Gasteiger partial charge >= 0.3 is 0 Å². The number of nitrogens with zero attached hydrogens (tertiary/aromatic N) is 1. The van der Waals surface area contributed by atoms with Crippen molar-refractivity contribution in [2.24, 2.45) is 0 Å². The van der Waals surface area contributed by atoms with Gasteiger partial charge in [0.2, 0.25) is 0 Å². The van der Waals surface area contributed by atoms with Crippen molar-refractivity contribution in [3.8, 4) is 16.9 Å². The summed E-state index contributed by atoms with van der Waals surface area (Å²) < 4.78 is 2.07. The molecule has 0 spiro atoms. The highest BCUT2D eigenvalue weighted by atomic mass is 16.3. The molecule has 0 saturated carbocycles. The minimum atomic E-state index is 0.0522. The van der Waals surface area contributed by atoms with E-state index in [0.29, 0.717) is 12.2 Å². The third-order valence-electron chi connectivity index (χ3n) is 4.47. The van der Waals surface area contributed by atoms with Crippen LogP contribution in [0.1, 0.15) is 0 Å². The van der Waals surface area contributed by atoms with E-state index >= 15 is 0 Å². The summed E-state index contributed by atoms with van der Waals surface area (Å²) >= 11 is 0. The lowest BCUT2D eigenvalue weighted by molar-refractivity contribution is 0.280. The molecule has 0 amide bonds. The van der Waals surface area contributed by atoms with Gasteiger partial charge in [0.05, 0.1) is 17.8 Å². The number of aliphatic hydroxyl groups excluding tert-OH is 1. The molecule has 24 heavy (non-hydrogen) atoms. The largest absolute Gasteiger partial charge is 0.508 e. The van der Waals surface area contributed by atoms with Crippen LogP contribution in [0.5, 0.6) is 5.75 Å². The van der Waals surface area contributed by atoms with E-state index in [0.717, 1.165) is 32.9 Å². The van der Waals surface area contributed by atoms with Crippen molar-refractivity contribution in [1.82, 2.24) is 4.57 Å². The summed E-state index contributed by atoms with van der Waals surface area (Å²) in [7, 11) is 0. The van der Waals surface area contributed by atoms with Crippen molar-refractivity contribution in [2.45, 2.75) is 6.54 Å². The minimum absolute atomic E-state index is 0.0522. The topological polar surface area (TPSA) is 71.4 Å². The first-order valence-corrected chi connectivity index (χ1v) is 7.90. The molecule has 0 radical (unpaired) electrons. The van der Waals surface area contributed by atoms with Gasteiger partial charge in [0.1, 0.15) is 5.75 Å². The standard InChI is InChI=1S/C20H18N2O2/c21-19-15(13-5-7-14(24)8-6-13)9-10-17-16-3-1-2-4-18(16)22(11-12-23)20(17)19/h1-10,23-24H,11-12,21H2. The molecule has 1 heterocycles. The van der Waals surface area contributed by atoms with Gasteiger partial charge in [-0.2, -0.15) is 0 Å². The van der Waals surface area contributed by atoms with Crippen LogP contribution in [0, 0.1) is 0 Å². The highest BCUT2D eigenvalue weighted by Gasteiger charge is 2.15. The van der Waals surface area contributed by atoms with Gasteiger partial charge in [0.15, 0.2) is 0 Å². The molecule has 0 bridgehead atoms. The maximum Gasteiger partial charge on any atom is 0.115 e. The van der Waals surface area contributed by atoms with Gasteiger partial charge in [-0.05, 0) is 23.8 Å². The zero-order valence-electron chi connectivity index (χ0n) is 13.1. The predicted octanol–water partition coefficient (Wildman–Crippen LogP) is 3.74. The quantitative estimate of drug-likeness (QED) is 0.504. The second kappa shape index (κ2) is 5.58. The molecule has 0 unspecified atom stereocenters. The SMILES string of the molecule is Nc1c(-c2ccc(O)cc2)ccc2c3ccccc3n(CCO)c12. The third kappa shape index (κ3) is 2.12. The second-order valence-electron chi connectivity index (χ2n) is 5.86. The highest BCUT2D eigenvalue weighted by molar-refractivity contribution is 6.14. The van der Waals surface area contributed by atoms with Crippen LogP contribution in [0.2, 0.25) is 0 Å². The van der Waals surface area contributed by atoms with Crippen LogP contribution in [-0.2, 0) is 6.54 Å². The van der Waals surface area contributed by atoms with Crippen molar-refractivity contribution in [2.75, 3.05) is 12.3 Å². The molecule has 0 saturated heterocycles. The van der Waals surface area contributed by atoms with Crippen molar-refractivity contribution in [3.05, 3.63) is 60.7 Å². The summed E-state index contributed by atoms with van der Waals surface area (Å²) in [6.07, 6.45) is 0. The number of aliphatic hydroxyl groups is 1. The lowest BCUT2D eigenvalue weighted by Gasteiger charge is -2.11. The smallest absolute Gasteiger partial charge is 0.115 e. The molecule has 3 aromatic carbocycles. The number of aromatic nitrogens is 1. The predicted molar refractivity (Wildman–Crippen MR) is 98.0 cm³/mol. The summed E-state index contributed by atoms with van der Waals surface area (Å²) in [6.45, 7) is 0.546. The van der Waals surface area contributed by atoms with E-state index in [1.807, 2.05) is 36.4 Å². The maximum atomic E-state index is 9.49. The number of hydrogen-bond acceptors (Lipinski definition) is 3. The fourth-order valence-electron chi connectivity index (χ4n) is 3.40. The number of benzene rings is 3. The van der Waals surface area contributed by atoms with E-state index in [-0.39, 0.29) is 12.4 Å². The van der Waals surface area contributed by atoms with Gasteiger partial charge in [0.25, 0.3) is 0 Å². The number of phenols is 1. The zero-order chi connectivity index (χ0) is 16.7. The second-order valence-corrected chi connectivity index (χ2v) is 5.86. The maximum absolute atomic E-state index is 9.49. The number of nitrogens with two attached hydrogens (primary N) is 1. The highest BCUT2D eigenvalue weighted by Crippen LogP contribution is 2.38. The van der Waals surface area contributed by atoms with Gasteiger partial charge in [-0.3, -0.25) is 0 Å². The van der Waals surface area contributed by atoms with Crippen molar-refractivity contribution < 1.29 is 10.2 Å². The van der Waals surface area contributed by atoms with E-state index in [9.17, 15) is 10.2 Å². The van der Waals surface area contributed by atoms with E-state index in [2.05, 4.69) is 16.7 Å². The van der Waals surface area contributed by atoms with Crippen LogP contribution in [0.3, 0.4) is 0 Å². The molecule has 0 fully saturated rings. The first-order chi connectivity index (χ1) is 11.7. The number of hydrogen-bond donors (Lipinski definition) is 3. The number of rotatable bonds is 3. The van der Waals surface area contributed by atoms with Gasteiger partial charge in [-0.25, -0.2) is 0 Å². The average Bonchev–Trinajstić information content (AvgIpc) is 2.92. The molecule has 4 N–H and O–H groups in total. The molecule has 120 valence electrons. The first-order valence-electron chi connectivity index (χ1n) is 7.90. The number of phenolic OH excluding ortho intramolecular Hbond substituents is 1. The Bertz CT molecular complexity index is 1030. The molecular formula is C20H18N2O2. The summed E-state index contributed by atoms with van der Waals surface area (Å²) in [5.41, 5.74) is 11.1. The number of aromatic hydroxyl groups is 1. The average molecular weight is 318 g/mol. The van der Waals surface area contributed by atoms with Gasteiger partial charge in [-0.1, -0.05) is 42.5 Å². The van der Waals surface area contributed by atoms with Gasteiger partial charge in [-0.15, -0.1) is 0 Å². The fourth-order valence-corrected chi connectivity index (χ4v) is 3.40. The Kier molecular flexibility index (Phi) is 3.40. The van der Waals surface area contributed by atoms with Gasteiger partial charge < -0.3 is 20.5 Å². The summed E-state index contributed by atoms with van der Waals surface area (Å²) in [5, 5.41) is 21.2. The monoisotopic (exact) mass is 318 g/mol. The molecule has 4 rings (SSSR count). The van der Waals surface area contributed by atoms with E-state index in [1.54, 1.807) is 12.1 Å². The molecule has 4 aromatic rings. The summed E-state index contributed by atoms with van der Waals surface area (Å²) in [5.74, 6) is 0.229. The molecular weight excluding hydrogens is 300 g/mol. The Morgan fingerprint density at radius 1 is 0.875 bits per heavy atom. The van der Waals surface area contributed by atoms with Crippen LogP contribution >= 0.6 is 0 Å². The normalized spacial score (nSPS) is 11.4. The molecule has 0 aliphatic carbocycles. The van der Waals surface area contributed by atoms with E-state index < -0.39 is 0 Å². The van der Waals surface area contributed by atoms with Gasteiger partial charge in [0, 0.05) is 28.4 Å². The lowest BCUT2D eigenvalue weighted by Crippen LogP contribution is -2.04.